The maximum Gasteiger partial charge on any atom is 0.414 e. The van der Waals surface area contributed by atoms with E-state index in [1.807, 2.05) is 18.2 Å². The highest BCUT2D eigenvalue weighted by Crippen LogP contribution is 2.27. The molecule has 0 saturated carbocycles. The number of ether oxygens (including phenoxy) is 1. The second-order valence-electron chi connectivity index (χ2n) is 4.58. The number of likely N-dealkylation sites (tertiary alicyclic amines) is 1. The average molecular weight is 395 g/mol. The van der Waals surface area contributed by atoms with Gasteiger partial charge in [0, 0.05) is 11.6 Å². The zero-order valence-electron chi connectivity index (χ0n) is 11.8. The molecule has 0 unspecified atom stereocenters. The summed E-state index contributed by atoms with van der Waals surface area (Å²) >= 11 is 9.30. The molecule has 1 heterocycles. The van der Waals surface area contributed by atoms with E-state index in [-0.39, 0.29) is 0 Å². The zero-order chi connectivity index (χ0) is 16.5. The number of hydrogen-bond acceptors (Lipinski definition) is 4. The number of carboxylic acid groups (broad SMARTS) is 2. The van der Waals surface area contributed by atoms with Crippen molar-refractivity contribution in [2.75, 3.05) is 26.2 Å². The van der Waals surface area contributed by atoms with Gasteiger partial charge in [-0.05, 0) is 60.1 Å². The molecule has 0 spiro atoms. The maximum absolute atomic E-state index is 9.10. The average Bonchev–Trinajstić information content (AvgIpc) is 2.95. The smallest absolute Gasteiger partial charge is 0.414 e. The van der Waals surface area contributed by atoms with Crippen LogP contribution in [0.5, 0.6) is 5.75 Å². The van der Waals surface area contributed by atoms with E-state index in [2.05, 4.69) is 20.8 Å². The molecular formula is C14H17BrClNO5. The number of aliphatic carboxylic acids is 2. The summed E-state index contributed by atoms with van der Waals surface area (Å²) in [7, 11) is 0. The predicted octanol–water partition coefficient (Wildman–Crippen LogP) is 2.73. The molecule has 1 aromatic carbocycles. The van der Waals surface area contributed by atoms with Crippen LogP contribution in [-0.4, -0.2) is 53.3 Å². The summed E-state index contributed by atoms with van der Waals surface area (Å²) in [5, 5.41) is 15.5. The van der Waals surface area contributed by atoms with Crippen LogP contribution in [0.3, 0.4) is 0 Å². The van der Waals surface area contributed by atoms with Crippen LogP contribution in [0.4, 0.5) is 0 Å². The molecule has 1 aliphatic rings. The molecule has 0 atom stereocenters. The number of rotatable bonds is 4. The molecule has 1 fully saturated rings. The van der Waals surface area contributed by atoms with Crippen molar-refractivity contribution < 1.29 is 24.5 Å². The van der Waals surface area contributed by atoms with Crippen molar-refractivity contribution in [3.63, 3.8) is 0 Å². The highest BCUT2D eigenvalue weighted by molar-refractivity contribution is 9.10. The van der Waals surface area contributed by atoms with Crippen molar-refractivity contribution in [3.8, 4) is 5.75 Å². The van der Waals surface area contributed by atoms with E-state index < -0.39 is 11.9 Å². The van der Waals surface area contributed by atoms with Crippen molar-refractivity contribution in [2.45, 2.75) is 12.8 Å². The Kier molecular flexibility index (Phi) is 8.22. The van der Waals surface area contributed by atoms with Crippen molar-refractivity contribution in [1.82, 2.24) is 4.90 Å². The molecule has 122 valence electrons. The van der Waals surface area contributed by atoms with E-state index >= 15 is 0 Å². The summed E-state index contributed by atoms with van der Waals surface area (Å²) in [6, 6.07) is 5.60. The lowest BCUT2D eigenvalue weighted by Gasteiger charge is -2.15. The SMILES string of the molecule is Clc1ccc(OCCN2CCCC2)c(Br)c1.O=C(O)C(=O)O. The number of nitrogens with zero attached hydrogens (tertiary/aromatic N) is 1. The van der Waals surface area contributed by atoms with Crippen LogP contribution in [0, 0.1) is 0 Å². The van der Waals surface area contributed by atoms with Crippen LogP contribution in [-0.2, 0) is 9.59 Å². The number of carboxylic acids is 2. The normalized spacial score (nSPS) is 14.1. The number of halogens is 2. The molecule has 1 saturated heterocycles. The molecule has 2 rings (SSSR count). The van der Waals surface area contributed by atoms with Crippen LogP contribution >= 0.6 is 27.5 Å². The Morgan fingerprint density at radius 2 is 1.82 bits per heavy atom. The first kappa shape index (κ1) is 18.7. The van der Waals surface area contributed by atoms with Crippen molar-refractivity contribution >= 4 is 39.5 Å². The summed E-state index contributed by atoms with van der Waals surface area (Å²) < 4.78 is 6.62. The minimum absolute atomic E-state index is 0.721. The summed E-state index contributed by atoms with van der Waals surface area (Å²) in [4.78, 5) is 20.6. The van der Waals surface area contributed by atoms with Gasteiger partial charge in [-0.2, -0.15) is 0 Å². The molecule has 2 N–H and O–H groups in total. The largest absolute Gasteiger partial charge is 0.491 e. The second-order valence-corrected chi connectivity index (χ2v) is 5.87. The fourth-order valence-corrected chi connectivity index (χ4v) is 2.68. The standard InChI is InChI=1S/C12H15BrClNO.C2H2O4/c13-11-9-10(14)3-4-12(11)16-8-7-15-5-1-2-6-15;3-1(4)2(5)6/h3-4,9H,1-2,5-8H2;(H,3,4)(H,5,6). The Bertz CT molecular complexity index is 508. The molecule has 0 bridgehead atoms. The van der Waals surface area contributed by atoms with Gasteiger partial charge in [-0.3, -0.25) is 4.90 Å². The summed E-state index contributed by atoms with van der Waals surface area (Å²) in [5.74, 6) is -2.78. The van der Waals surface area contributed by atoms with Crippen LogP contribution < -0.4 is 4.74 Å². The Labute approximate surface area is 141 Å². The molecule has 0 aliphatic carbocycles. The van der Waals surface area contributed by atoms with E-state index in [9.17, 15) is 0 Å². The maximum atomic E-state index is 9.10. The third kappa shape index (κ3) is 7.11. The van der Waals surface area contributed by atoms with Gasteiger partial charge in [0.05, 0.1) is 4.47 Å². The Hall–Kier alpha value is -1.31. The Balaban J connectivity index is 0.000000346. The highest BCUT2D eigenvalue weighted by Gasteiger charge is 2.11. The van der Waals surface area contributed by atoms with Crippen molar-refractivity contribution in [1.29, 1.82) is 0 Å². The molecule has 22 heavy (non-hydrogen) atoms. The highest BCUT2D eigenvalue weighted by atomic mass is 79.9. The molecule has 0 aromatic heterocycles. The molecule has 0 radical (unpaired) electrons. The minimum atomic E-state index is -1.82. The lowest BCUT2D eigenvalue weighted by atomic mass is 10.3. The van der Waals surface area contributed by atoms with Crippen LogP contribution in [0.25, 0.3) is 0 Å². The molecule has 1 aromatic rings. The van der Waals surface area contributed by atoms with Crippen LogP contribution in [0.2, 0.25) is 5.02 Å². The van der Waals surface area contributed by atoms with Gasteiger partial charge in [0.1, 0.15) is 12.4 Å². The molecule has 0 amide bonds. The van der Waals surface area contributed by atoms with E-state index in [4.69, 9.17) is 36.1 Å². The molecular weight excluding hydrogens is 378 g/mol. The van der Waals surface area contributed by atoms with Gasteiger partial charge >= 0.3 is 11.9 Å². The monoisotopic (exact) mass is 393 g/mol. The fraction of sp³-hybridized carbons (Fsp3) is 0.429. The fourth-order valence-electron chi connectivity index (χ4n) is 1.88. The van der Waals surface area contributed by atoms with Gasteiger partial charge in [0.25, 0.3) is 0 Å². The number of carbonyl (C=O) groups is 2. The quantitative estimate of drug-likeness (QED) is 0.764. The predicted molar refractivity (Wildman–Crippen MR) is 85.6 cm³/mol. The summed E-state index contributed by atoms with van der Waals surface area (Å²) in [5.41, 5.74) is 0. The third-order valence-corrected chi connectivity index (χ3v) is 3.80. The lowest BCUT2D eigenvalue weighted by molar-refractivity contribution is -0.159. The van der Waals surface area contributed by atoms with E-state index in [1.54, 1.807) is 0 Å². The summed E-state index contributed by atoms with van der Waals surface area (Å²) in [6.07, 6.45) is 2.65. The van der Waals surface area contributed by atoms with Gasteiger partial charge in [-0.25, -0.2) is 9.59 Å². The summed E-state index contributed by atoms with van der Waals surface area (Å²) in [6.45, 7) is 4.17. The lowest BCUT2D eigenvalue weighted by Crippen LogP contribution is -2.25. The first-order chi connectivity index (χ1) is 10.4. The van der Waals surface area contributed by atoms with Crippen LogP contribution in [0.15, 0.2) is 22.7 Å². The Morgan fingerprint density at radius 1 is 1.23 bits per heavy atom. The molecule has 6 nitrogen and oxygen atoms in total. The van der Waals surface area contributed by atoms with Gasteiger partial charge in [0.15, 0.2) is 0 Å². The van der Waals surface area contributed by atoms with Crippen LogP contribution in [0.1, 0.15) is 12.8 Å². The molecule has 8 heteroatoms. The first-order valence-electron chi connectivity index (χ1n) is 6.66. The molecule has 1 aliphatic heterocycles. The number of hydrogen-bond donors (Lipinski definition) is 2. The topological polar surface area (TPSA) is 87.1 Å². The van der Waals surface area contributed by atoms with Gasteiger partial charge in [-0.1, -0.05) is 11.6 Å². The third-order valence-electron chi connectivity index (χ3n) is 2.94. The van der Waals surface area contributed by atoms with E-state index in [1.165, 1.54) is 25.9 Å². The van der Waals surface area contributed by atoms with Crippen molar-refractivity contribution in [2.24, 2.45) is 0 Å². The second kappa shape index (κ2) is 9.66. The van der Waals surface area contributed by atoms with Gasteiger partial charge in [0.2, 0.25) is 0 Å². The van der Waals surface area contributed by atoms with Gasteiger partial charge in [-0.15, -0.1) is 0 Å². The van der Waals surface area contributed by atoms with E-state index in [0.717, 1.165) is 28.4 Å². The van der Waals surface area contributed by atoms with Crippen molar-refractivity contribution in [3.05, 3.63) is 27.7 Å². The minimum Gasteiger partial charge on any atom is -0.491 e. The van der Waals surface area contributed by atoms with E-state index in [0.29, 0.717) is 0 Å². The Morgan fingerprint density at radius 3 is 2.32 bits per heavy atom. The van der Waals surface area contributed by atoms with Gasteiger partial charge < -0.3 is 14.9 Å². The number of benzene rings is 1. The first-order valence-corrected chi connectivity index (χ1v) is 7.83. The zero-order valence-corrected chi connectivity index (χ0v) is 14.1.